The molecule has 0 aliphatic carbocycles. The van der Waals surface area contributed by atoms with Crippen LogP contribution in [0, 0.1) is 0 Å². The first-order valence-electron chi connectivity index (χ1n) is 7.45. The number of carbonyl (C=O) groups excluding carboxylic acids is 1. The molecule has 0 spiro atoms. The van der Waals surface area contributed by atoms with Crippen LogP contribution >= 0.6 is 0 Å². The zero-order valence-electron chi connectivity index (χ0n) is 13.1. The van der Waals surface area contributed by atoms with E-state index in [2.05, 4.69) is 4.98 Å². The first-order chi connectivity index (χ1) is 11.2. The van der Waals surface area contributed by atoms with Gasteiger partial charge in [-0.3, -0.25) is 0 Å². The normalized spacial score (nSPS) is 10.5. The highest BCUT2D eigenvalue weighted by Gasteiger charge is 2.14. The fourth-order valence-electron chi connectivity index (χ4n) is 2.58. The summed E-state index contributed by atoms with van der Waals surface area (Å²) in [5, 5.41) is 0.934. The van der Waals surface area contributed by atoms with Crippen molar-refractivity contribution < 1.29 is 14.3 Å². The molecule has 0 saturated carbocycles. The Morgan fingerprint density at radius 1 is 1.04 bits per heavy atom. The second-order valence-electron chi connectivity index (χ2n) is 4.99. The Bertz CT molecular complexity index is 844. The van der Waals surface area contributed by atoms with Crippen molar-refractivity contribution >= 4 is 16.9 Å². The van der Waals surface area contributed by atoms with Crippen LogP contribution in [0.5, 0.6) is 5.75 Å². The van der Waals surface area contributed by atoms with Gasteiger partial charge >= 0.3 is 5.97 Å². The van der Waals surface area contributed by atoms with Crippen LogP contribution < -0.4 is 4.74 Å². The largest absolute Gasteiger partial charge is 0.496 e. The van der Waals surface area contributed by atoms with Gasteiger partial charge in [0.05, 0.1) is 19.2 Å². The SMILES string of the molecule is CCOC(=O)c1ccc2c(-c3ccccc3)c(OC)ccc2n1. The van der Waals surface area contributed by atoms with E-state index in [0.29, 0.717) is 12.3 Å². The molecular weight excluding hydrogens is 290 g/mol. The van der Waals surface area contributed by atoms with Gasteiger partial charge in [0.15, 0.2) is 0 Å². The van der Waals surface area contributed by atoms with Crippen molar-refractivity contribution in [2.45, 2.75) is 6.92 Å². The summed E-state index contributed by atoms with van der Waals surface area (Å²) >= 11 is 0. The van der Waals surface area contributed by atoms with Crippen molar-refractivity contribution in [2.75, 3.05) is 13.7 Å². The van der Waals surface area contributed by atoms with E-state index in [0.717, 1.165) is 27.8 Å². The Labute approximate surface area is 134 Å². The average molecular weight is 307 g/mol. The molecule has 0 aliphatic heterocycles. The lowest BCUT2D eigenvalue weighted by molar-refractivity contribution is 0.0520. The molecule has 3 aromatic rings. The topological polar surface area (TPSA) is 48.4 Å². The van der Waals surface area contributed by atoms with Crippen LogP contribution in [-0.4, -0.2) is 24.7 Å². The summed E-state index contributed by atoms with van der Waals surface area (Å²) < 4.78 is 10.5. The number of ether oxygens (including phenoxy) is 2. The maximum Gasteiger partial charge on any atom is 0.356 e. The van der Waals surface area contributed by atoms with Crippen LogP contribution in [-0.2, 0) is 4.74 Å². The van der Waals surface area contributed by atoms with Crippen LogP contribution in [0.4, 0.5) is 0 Å². The average Bonchev–Trinajstić information content (AvgIpc) is 2.61. The van der Waals surface area contributed by atoms with Crippen molar-refractivity contribution in [3.05, 3.63) is 60.3 Å². The molecule has 0 N–H and O–H groups in total. The number of nitrogens with zero attached hydrogens (tertiary/aromatic N) is 1. The molecule has 23 heavy (non-hydrogen) atoms. The fraction of sp³-hybridized carbons (Fsp3) is 0.158. The van der Waals surface area contributed by atoms with E-state index >= 15 is 0 Å². The Balaban J connectivity index is 2.20. The Kier molecular flexibility index (Phi) is 4.24. The molecule has 0 aliphatic rings. The highest BCUT2D eigenvalue weighted by molar-refractivity contribution is 6.00. The van der Waals surface area contributed by atoms with E-state index < -0.39 is 5.97 Å². The van der Waals surface area contributed by atoms with Crippen molar-refractivity contribution in [3.63, 3.8) is 0 Å². The third-order valence-corrected chi connectivity index (χ3v) is 3.60. The molecule has 3 rings (SSSR count). The predicted molar refractivity (Wildman–Crippen MR) is 89.7 cm³/mol. The van der Waals surface area contributed by atoms with E-state index in [-0.39, 0.29) is 0 Å². The lowest BCUT2D eigenvalue weighted by Gasteiger charge is -2.12. The minimum Gasteiger partial charge on any atom is -0.496 e. The summed E-state index contributed by atoms with van der Waals surface area (Å²) in [6, 6.07) is 17.3. The number of esters is 1. The van der Waals surface area contributed by atoms with Gasteiger partial charge in [-0.15, -0.1) is 0 Å². The molecule has 0 saturated heterocycles. The van der Waals surface area contributed by atoms with Crippen molar-refractivity contribution in [1.29, 1.82) is 0 Å². The Morgan fingerprint density at radius 3 is 2.52 bits per heavy atom. The van der Waals surface area contributed by atoms with E-state index in [9.17, 15) is 4.79 Å². The lowest BCUT2D eigenvalue weighted by Crippen LogP contribution is -2.07. The Hall–Kier alpha value is -2.88. The molecule has 4 heteroatoms. The van der Waals surface area contributed by atoms with Crippen LogP contribution in [0.1, 0.15) is 17.4 Å². The van der Waals surface area contributed by atoms with Gasteiger partial charge in [-0.25, -0.2) is 9.78 Å². The number of benzene rings is 2. The molecule has 4 nitrogen and oxygen atoms in total. The molecule has 0 fully saturated rings. The fourth-order valence-corrected chi connectivity index (χ4v) is 2.58. The van der Waals surface area contributed by atoms with Gasteiger partial charge in [0.1, 0.15) is 11.4 Å². The molecule has 0 unspecified atom stereocenters. The molecule has 1 aromatic heterocycles. The first-order valence-corrected chi connectivity index (χ1v) is 7.45. The highest BCUT2D eigenvalue weighted by Crippen LogP contribution is 2.36. The van der Waals surface area contributed by atoms with Gasteiger partial charge in [0.2, 0.25) is 0 Å². The van der Waals surface area contributed by atoms with Crippen molar-refractivity contribution in [2.24, 2.45) is 0 Å². The first kappa shape index (κ1) is 15.0. The van der Waals surface area contributed by atoms with Gasteiger partial charge in [-0.05, 0) is 36.8 Å². The second-order valence-corrected chi connectivity index (χ2v) is 4.99. The minimum atomic E-state index is -0.411. The number of rotatable bonds is 4. The third-order valence-electron chi connectivity index (χ3n) is 3.60. The summed E-state index contributed by atoms with van der Waals surface area (Å²) in [5.41, 5.74) is 3.05. The molecule has 0 amide bonds. The van der Waals surface area contributed by atoms with Crippen LogP contribution in [0.3, 0.4) is 0 Å². The summed E-state index contributed by atoms with van der Waals surface area (Å²) in [7, 11) is 1.65. The maximum absolute atomic E-state index is 11.9. The zero-order chi connectivity index (χ0) is 16.2. The summed E-state index contributed by atoms with van der Waals surface area (Å²) in [6.45, 7) is 2.10. The molecule has 116 valence electrons. The van der Waals surface area contributed by atoms with Gasteiger partial charge in [-0.1, -0.05) is 30.3 Å². The quantitative estimate of drug-likeness (QED) is 0.681. The van der Waals surface area contributed by atoms with Gasteiger partial charge in [0, 0.05) is 10.9 Å². The zero-order valence-corrected chi connectivity index (χ0v) is 13.1. The molecule has 1 heterocycles. The number of aromatic nitrogens is 1. The Morgan fingerprint density at radius 2 is 1.83 bits per heavy atom. The minimum absolute atomic E-state index is 0.309. The number of carbonyl (C=O) groups is 1. The third kappa shape index (κ3) is 2.88. The van der Waals surface area contributed by atoms with E-state index in [1.165, 1.54) is 0 Å². The van der Waals surface area contributed by atoms with Gasteiger partial charge in [0.25, 0.3) is 0 Å². The summed E-state index contributed by atoms with van der Waals surface area (Å²) in [4.78, 5) is 16.3. The van der Waals surface area contributed by atoms with E-state index in [1.807, 2.05) is 48.5 Å². The number of pyridine rings is 1. The van der Waals surface area contributed by atoms with Crippen LogP contribution in [0.2, 0.25) is 0 Å². The van der Waals surface area contributed by atoms with Crippen molar-refractivity contribution in [3.8, 4) is 16.9 Å². The summed E-state index contributed by atoms with van der Waals surface area (Å²) in [5.74, 6) is 0.362. The standard InChI is InChI=1S/C19H17NO3/c1-3-23-19(21)16-10-9-14-15(20-16)11-12-17(22-2)18(14)13-7-5-4-6-8-13/h4-12H,3H2,1-2H3. The monoisotopic (exact) mass is 307 g/mol. The van der Waals surface area contributed by atoms with E-state index in [1.54, 1.807) is 20.1 Å². The maximum atomic E-state index is 11.9. The molecular formula is C19H17NO3. The number of hydrogen-bond donors (Lipinski definition) is 0. The number of fused-ring (bicyclic) bond motifs is 1. The number of hydrogen-bond acceptors (Lipinski definition) is 4. The molecule has 0 bridgehead atoms. The predicted octanol–water partition coefficient (Wildman–Crippen LogP) is 4.09. The van der Waals surface area contributed by atoms with Gasteiger partial charge in [-0.2, -0.15) is 0 Å². The van der Waals surface area contributed by atoms with Gasteiger partial charge < -0.3 is 9.47 Å². The lowest BCUT2D eigenvalue weighted by atomic mass is 9.99. The van der Waals surface area contributed by atoms with Crippen molar-refractivity contribution in [1.82, 2.24) is 4.98 Å². The number of methoxy groups -OCH3 is 1. The second kappa shape index (κ2) is 6.48. The van der Waals surface area contributed by atoms with Crippen LogP contribution in [0.15, 0.2) is 54.6 Å². The van der Waals surface area contributed by atoms with E-state index in [4.69, 9.17) is 9.47 Å². The molecule has 2 aromatic carbocycles. The summed E-state index contributed by atoms with van der Waals surface area (Å²) in [6.07, 6.45) is 0. The van der Waals surface area contributed by atoms with Crippen LogP contribution in [0.25, 0.3) is 22.0 Å². The molecule has 0 atom stereocenters. The molecule has 0 radical (unpaired) electrons. The highest BCUT2D eigenvalue weighted by atomic mass is 16.5. The smallest absolute Gasteiger partial charge is 0.356 e.